The largest absolute Gasteiger partial charge is 0.481 e. The molecule has 3 rings (SSSR count). The molecular weight excluding hydrogens is 322 g/mol. The summed E-state index contributed by atoms with van der Waals surface area (Å²) in [6, 6.07) is 7.26. The van der Waals surface area contributed by atoms with Crippen LogP contribution >= 0.6 is 0 Å². The van der Waals surface area contributed by atoms with Crippen molar-refractivity contribution in [1.82, 2.24) is 10.1 Å². The van der Waals surface area contributed by atoms with Crippen LogP contribution < -0.4 is 5.32 Å². The van der Waals surface area contributed by atoms with Crippen molar-refractivity contribution >= 4 is 17.6 Å². The second-order valence-corrected chi connectivity index (χ2v) is 6.32. The number of hydrogen-bond acceptors (Lipinski definition) is 5. The topological polar surface area (TPSA) is 105 Å². The van der Waals surface area contributed by atoms with Crippen LogP contribution in [0.4, 0.5) is 5.69 Å². The molecule has 1 aliphatic rings. The van der Waals surface area contributed by atoms with Crippen molar-refractivity contribution in [3.63, 3.8) is 0 Å². The van der Waals surface area contributed by atoms with Gasteiger partial charge in [-0.15, -0.1) is 0 Å². The van der Waals surface area contributed by atoms with Gasteiger partial charge in [-0.1, -0.05) is 17.3 Å². The SMILES string of the molecule is O=C(O)CCc1cccc(NC(=O)CCCc2nc(C3CC3)no2)c1. The van der Waals surface area contributed by atoms with E-state index >= 15 is 0 Å². The first-order valence-corrected chi connectivity index (χ1v) is 8.53. The minimum Gasteiger partial charge on any atom is -0.481 e. The number of aliphatic carboxylic acids is 1. The monoisotopic (exact) mass is 343 g/mol. The van der Waals surface area contributed by atoms with Crippen LogP contribution in [0.15, 0.2) is 28.8 Å². The van der Waals surface area contributed by atoms with Gasteiger partial charge in [-0.3, -0.25) is 9.59 Å². The van der Waals surface area contributed by atoms with Crippen LogP contribution in [0.1, 0.15) is 55.3 Å². The molecule has 7 heteroatoms. The molecule has 132 valence electrons. The number of aryl methyl sites for hydroxylation is 2. The highest BCUT2D eigenvalue weighted by Gasteiger charge is 2.28. The average molecular weight is 343 g/mol. The molecule has 0 spiro atoms. The van der Waals surface area contributed by atoms with Crippen LogP contribution in [0, 0.1) is 0 Å². The molecule has 0 saturated heterocycles. The Balaban J connectivity index is 1.42. The summed E-state index contributed by atoms with van der Waals surface area (Å²) in [5.74, 6) is 0.926. The van der Waals surface area contributed by atoms with E-state index in [9.17, 15) is 9.59 Å². The predicted octanol–water partition coefficient (Wildman–Crippen LogP) is 2.93. The number of amides is 1. The summed E-state index contributed by atoms with van der Waals surface area (Å²) in [6.45, 7) is 0. The summed E-state index contributed by atoms with van der Waals surface area (Å²) < 4.78 is 5.19. The number of aromatic nitrogens is 2. The van der Waals surface area contributed by atoms with E-state index in [1.54, 1.807) is 12.1 Å². The van der Waals surface area contributed by atoms with Crippen LogP contribution in [-0.2, 0) is 22.4 Å². The Kier molecular flexibility index (Phi) is 5.42. The highest BCUT2D eigenvalue weighted by atomic mass is 16.5. The molecule has 2 N–H and O–H groups in total. The Bertz CT molecular complexity index is 752. The van der Waals surface area contributed by atoms with Gasteiger partial charge in [-0.2, -0.15) is 4.98 Å². The molecule has 0 aliphatic heterocycles. The fourth-order valence-electron chi connectivity index (χ4n) is 2.56. The highest BCUT2D eigenvalue weighted by molar-refractivity contribution is 5.90. The summed E-state index contributed by atoms with van der Waals surface area (Å²) in [6.07, 6.45) is 4.37. The lowest BCUT2D eigenvalue weighted by Crippen LogP contribution is -2.11. The zero-order valence-corrected chi connectivity index (χ0v) is 13.9. The van der Waals surface area contributed by atoms with Crippen LogP contribution in [0.2, 0.25) is 0 Å². The van der Waals surface area contributed by atoms with Crippen molar-refractivity contribution in [2.24, 2.45) is 0 Å². The van der Waals surface area contributed by atoms with E-state index in [0.29, 0.717) is 43.2 Å². The second kappa shape index (κ2) is 7.92. The number of carbonyl (C=O) groups excluding carboxylic acids is 1. The quantitative estimate of drug-likeness (QED) is 0.725. The number of carboxylic acid groups (broad SMARTS) is 1. The van der Waals surface area contributed by atoms with E-state index in [4.69, 9.17) is 9.63 Å². The van der Waals surface area contributed by atoms with Crippen molar-refractivity contribution < 1.29 is 19.2 Å². The molecular formula is C18H21N3O4. The van der Waals surface area contributed by atoms with E-state index < -0.39 is 5.97 Å². The number of benzene rings is 1. The summed E-state index contributed by atoms with van der Waals surface area (Å²) in [5, 5.41) is 15.5. The molecule has 1 saturated carbocycles. The van der Waals surface area contributed by atoms with E-state index in [1.807, 2.05) is 12.1 Å². The van der Waals surface area contributed by atoms with E-state index in [-0.39, 0.29) is 12.3 Å². The number of anilines is 1. The lowest BCUT2D eigenvalue weighted by molar-refractivity contribution is -0.137. The van der Waals surface area contributed by atoms with Gasteiger partial charge < -0.3 is 14.9 Å². The maximum atomic E-state index is 12.0. The highest BCUT2D eigenvalue weighted by Crippen LogP contribution is 2.38. The fourth-order valence-corrected chi connectivity index (χ4v) is 2.56. The number of carboxylic acids is 1. The van der Waals surface area contributed by atoms with E-state index in [1.165, 1.54) is 0 Å². The minimum atomic E-state index is -0.833. The predicted molar refractivity (Wildman–Crippen MR) is 90.2 cm³/mol. The molecule has 0 radical (unpaired) electrons. The van der Waals surface area contributed by atoms with Gasteiger partial charge in [-0.25, -0.2) is 0 Å². The van der Waals surface area contributed by atoms with Gasteiger partial charge in [0.2, 0.25) is 11.8 Å². The average Bonchev–Trinajstić information content (AvgIpc) is 3.33. The van der Waals surface area contributed by atoms with Gasteiger partial charge in [0, 0.05) is 30.9 Å². The molecule has 0 unspecified atom stereocenters. The lowest BCUT2D eigenvalue weighted by Gasteiger charge is -2.06. The van der Waals surface area contributed by atoms with Gasteiger partial charge in [0.1, 0.15) is 0 Å². The molecule has 1 heterocycles. The Morgan fingerprint density at radius 3 is 2.84 bits per heavy atom. The lowest BCUT2D eigenvalue weighted by atomic mass is 10.1. The van der Waals surface area contributed by atoms with Crippen LogP contribution in [-0.4, -0.2) is 27.1 Å². The van der Waals surface area contributed by atoms with Crippen molar-refractivity contribution in [3.8, 4) is 0 Å². The second-order valence-electron chi connectivity index (χ2n) is 6.32. The van der Waals surface area contributed by atoms with Gasteiger partial charge >= 0.3 is 5.97 Å². The molecule has 1 fully saturated rings. The maximum Gasteiger partial charge on any atom is 0.303 e. The minimum absolute atomic E-state index is 0.0738. The van der Waals surface area contributed by atoms with E-state index in [2.05, 4.69) is 15.5 Å². The summed E-state index contributed by atoms with van der Waals surface area (Å²) in [7, 11) is 0. The first-order chi connectivity index (χ1) is 12.1. The fraction of sp³-hybridized carbons (Fsp3) is 0.444. The number of nitrogens with one attached hydrogen (secondary N) is 1. The van der Waals surface area contributed by atoms with Crippen LogP contribution in [0.3, 0.4) is 0 Å². The summed E-state index contributed by atoms with van der Waals surface area (Å²) in [4.78, 5) is 27.0. The standard InChI is InChI=1S/C18H21N3O4/c22-15(5-2-6-16-20-18(21-25-16)13-8-9-13)19-14-4-1-3-12(11-14)7-10-17(23)24/h1,3-4,11,13H,2,5-10H2,(H,19,22)(H,23,24). The molecule has 0 atom stereocenters. The van der Waals surface area contributed by atoms with Gasteiger partial charge in [0.25, 0.3) is 0 Å². The Labute approximate surface area is 145 Å². The smallest absolute Gasteiger partial charge is 0.303 e. The molecule has 1 aromatic carbocycles. The summed E-state index contributed by atoms with van der Waals surface area (Å²) >= 11 is 0. The number of nitrogens with zero attached hydrogens (tertiary/aromatic N) is 2. The normalized spacial score (nSPS) is 13.6. The number of rotatable bonds is 9. The van der Waals surface area contributed by atoms with Gasteiger partial charge in [0.05, 0.1) is 0 Å². The number of carbonyl (C=O) groups is 2. The molecule has 1 aliphatic carbocycles. The molecule has 25 heavy (non-hydrogen) atoms. The van der Waals surface area contributed by atoms with Crippen molar-refractivity contribution in [1.29, 1.82) is 0 Å². The van der Waals surface area contributed by atoms with Gasteiger partial charge in [-0.05, 0) is 43.4 Å². The third-order valence-electron chi connectivity index (χ3n) is 4.06. The van der Waals surface area contributed by atoms with Gasteiger partial charge in [0.15, 0.2) is 5.82 Å². The molecule has 1 amide bonds. The zero-order valence-electron chi connectivity index (χ0n) is 13.9. The van der Waals surface area contributed by atoms with Crippen molar-refractivity contribution in [2.45, 2.75) is 50.9 Å². The maximum absolute atomic E-state index is 12.0. The first kappa shape index (κ1) is 17.1. The van der Waals surface area contributed by atoms with E-state index in [0.717, 1.165) is 24.2 Å². The first-order valence-electron chi connectivity index (χ1n) is 8.53. The molecule has 1 aromatic heterocycles. The Morgan fingerprint density at radius 2 is 2.08 bits per heavy atom. The van der Waals surface area contributed by atoms with Crippen LogP contribution in [0.5, 0.6) is 0 Å². The number of hydrogen-bond donors (Lipinski definition) is 2. The summed E-state index contributed by atoms with van der Waals surface area (Å²) in [5.41, 5.74) is 1.57. The Morgan fingerprint density at radius 1 is 1.24 bits per heavy atom. The Hall–Kier alpha value is -2.70. The zero-order chi connectivity index (χ0) is 17.6. The molecule has 7 nitrogen and oxygen atoms in total. The van der Waals surface area contributed by atoms with Crippen molar-refractivity contribution in [3.05, 3.63) is 41.5 Å². The molecule has 0 bridgehead atoms. The third kappa shape index (κ3) is 5.41. The molecule has 2 aromatic rings. The third-order valence-corrected chi connectivity index (χ3v) is 4.06. The van der Waals surface area contributed by atoms with Crippen molar-refractivity contribution in [2.75, 3.05) is 5.32 Å². The van der Waals surface area contributed by atoms with Crippen LogP contribution in [0.25, 0.3) is 0 Å².